The summed E-state index contributed by atoms with van der Waals surface area (Å²) in [6.07, 6.45) is 1.98. The number of unbranched alkanes of at least 4 members (excludes halogenated alkanes) is 1. The summed E-state index contributed by atoms with van der Waals surface area (Å²) in [6, 6.07) is 2.36. The van der Waals surface area contributed by atoms with Gasteiger partial charge in [-0.25, -0.2) is 4.39 Å². The Morgan fingerprint density at radius 1 is 1.33 bits per heavy atom. The molecular formula is C11H11Cl2FO. The second-order valence-electron chi connectivity index (χ2n) is 3.27. The first-order chi connectivity index (χ1) is 7.06. The third-order valence-corrected chi connectivity index (χ3v) is 2.79. The SMILES string of the molecule is CCCCC(=O)c1cc(Cl)c(Cl)cc1F. The Hall–Kier alpha value is -0.600. The molecule has 0 atom stereocenters. The van der Waals surface area contributed by atoms with Gasteiger partial charge in [-0.15, -0.1) is 0 Å². The molecule has 0 N–H and O–H groups in total. The van der Waals surface area contributed by atoms with Crippen LogP contribution < -0.4 is 0 Å². The first-order valence-corrected chi connectivity index (χ1v) is 5.49. The standard InChI is InChI=1S/C11H11Cl2FO/c1-2-3-4-11(15)7-5-8(12)9(13)6-10(7)14/h5-6H,2-4H2,1H3. The third-order valence-electron chi connectivity index (χ3n) is 2.07. The number of halogens is 3. The Balaban J connectivity index is 2.94. The lowest BCUT2D eigenvalue weighted by atomic mass is 10.1. The molecule has 0 bridgehead atoms. The number of Topliss-reactive ketones (excluding diaryl/α,β-unsaturated/α-hetero) is 1. The number of hydrogen-bond donors (Lipinski definition) is 0. The number of carbonyl (C=O) groups excluding carboxylic acids is 1. The van der Waals surface area contributed by atoms with Gasteiger partial charge in [0.1, 0.15) is 5.82 Å². The number of carbonyl (C=O) groups is 1. The van der Waals surface area contributed by atoms with E-state index in [1.54, 1.807) is 0 Å². The maximum atomic E-state index is 13.3. The summed E-state index contributed by atoms with van der Waals surface area (Å²) < 4.78 is 13.3. The van der Waals surface area contributed by atoms with Crippen LogP contribution in [0.4, 0.5) is 4.39 Å². The highest BCUT2D eigenvalue weighted by Crippen LogP contribution is 2.26. The number of hydrogen-bond acceptors (Lipinski definition) is 1. The van der Waals surface area contributed by atoms with E-state index < -0.39 is 5.82 Å². The molecule has 1 aromatic carbocycles. The summed E-state index contributed by atoms with van der Waals surface area (Å²) in [5, 5.41) is 0.333. The summed E-state index contributed by atoms with van der Waals surface area (Å²) in [5.74, 6) is -0.835. The van der Waals surface area contributed by atoms with Crippen LogP contribution in [0.5, 0.6) is 0 Å². The van der Waals surface area contributed by atoms with Crippen molar-refractivity contribution in [1.82, 2.24) is 0 Å². The highest BCUT2D eigenvalue weighted by Gasteiger charge is 2.13. The molecule has 0 radical (unpaired) electrons. The van der Waals surface area contributed by atoms with E-state index >= 15 is 0 Å². The third kappa shape index (κ3) is 3.18. The lowest BCUT2D eigenvalue weighted by Gasteiger charge is -2.04. The van der Waals surface area contributed by atoms with Gasteiger partial charge in [0.15, 0.2) is 5.78 Å². The van der Waals surface area contributed by atoms with Crippen molar-refractivity contribution in [3.05, 3.63) is 33.6 Å². The van der Waals surface area contributed by atoms with Crippen molar-refractivity contribution in [2.45, 2.75) is 26.2 Å². The van der Waals surface area contributed by atoms with Crippen LogP contribution in [-0.4, -0.2) is 5.78 Å². The number of rotatable bonds is 4. The fraction of sp³-hybridized carbons (Fsp3) is 0.364. The van der Waals surface area contributed by atoms with Crippen molar-refractivity contribution in [3.63, 3.8) is 0 Å². The number of benzene rings is 1. The van der Waals surface area contributed by atoms with E-state index in [2.05, 4.69) is 0 Å². The van der Waals surface area contributed by atoms with Crippen LogP contribution in [-0.2, 0) is 0 Å². The van der Waals surface area contributed by atoms with E-state index in [0.29, 0.717) is 6.42 Å². The first kappa shape index (κ1) is 12.5. The quantitative estimate of drug-likeness (QED) is 0.567. The van der Waals surface area contributed by atoms with Gasteiger partial charge in [-0.1, -0.05) is 36.5 Å². The van der Waals surface area contributed by atoms with Crippen molar-refractivity contribution >= 4 is 29.0 Å². The Bertz CT molecular complexity index is 377. The molecule has 15 heavy (non-hydrogen) atoms. The Morgan fingerprint density at radius 3 is 2.53 bits per heavy atom. The molecular weight excluding hydrogens is 238 g/mol. The average Bonchev–Trinajstić information content (AvgIpc) is 2.20. The van der Waals surface area contributed by atoms with Crippen LogP contribution in [0.25, 0.3) is 0 Å². The topological polar surface area (TPSA) is 17.1 Å². The maximum absolute atomic E-state index is 13.3. The minimum atomic E-state index is -0.606. The van der Waals surface area contributed by atoms with Crippen molar-refractivity contribution < 1.29 is 9.18 Å². The zero-order chi connectivity index (χ0) is 11.4. The second-order valence-corrected chi connectivity index (χ2v) is 4.09. The van der Waals surface area contributed by atoms with Crippen LogP contribution in [0.3, 0.4) is 0 Å². The first-order valence-electron chi connectivity index (χ1n) is 4.74. The van der Waals surface area contributed by atoms with E-state index in [1.165, 1.54) is 6.07 Å². The smallest absolute Gasteiger partial charge is 0.165 e. The summed E-state index contributed by atoms with van der Waals surface area (Å²) >= 11 is 11.3. The van der Waals surface area contributed by atoms with Crippen molar-refractivity contribution in [2.24, 2.45) is 0 Å². The fourth-order valence-corrected chi connectivity index (χ4v) is 1.52. The van der Waals surface area contributed by atoms with Crippen LogP contribution >= 0.6 is 23.2 Å². The lowest BCUT2D eigenvalue weighted by molar-refractivity contribution is 0.0976. The van der Waals surface area contributed by atoms with Gasteiger partial charge in [-0.3, -0.25) is 4.79 Å². The fourth-order valence-electron chi connectivity index (χ4n) is 1.21. The van der Waals surface area contributed by atoms with Crippen LogP contribution in [0, 0.1) is 5.82 Å². The molecule has 0 amide bonds. The molecule has 0 aliphatic heterocycles. The monoisotopic (exact) mass is 248 g/mol. The summed E-state index contributed by atoms with van der Waals surface area (Å²) in [5.41, 5.74) is 0.0258. The van der Waals surface area contributed by atoms with Crippen LogP contribution in [0.2, 0.25) is 10.0 Å². The molecule has 0 fully saturated rings. The average molecular weight is 249 g/mol. The predicted octanol–water partition coefficient (Wildman–Crippen LogP) is 4.51. The molecule has 1 nitrogen and oxygen atoms in total. The molecule has 0 spiro atoms. The van der Waals surface area contributed by atoms with Gasteiger partial charge in [0.2, 0.25) is 0 Å². The molecule has 0 saturated heterocycles. The van der Waals surface area contributed by atoms with Crippen LogP contribution in [0.15, 0.2) is 12.1 Å². The van der Waals surface area contributed by atoms with Gasteiger partial charge >= 0.3 is 0 Å². The van der Waals surface area contributed by atoms with Gasteiger partial charge in [0.25, 0.3) is 0 Å². The molecule has 0 saturated carbocycles. The van der Waals surface area contributed by atoms with Gasteiger partial charge in [0, 0.05) is 6.42 Å². The van der Waals surface area contributed by atoms with Crippen molar-refractivity contribution in [1.29, 1.82) is 0 Å². The van der Waals surface area contributed by atoms with E-state index in [0.717, 1.165) is 18.9 Å². The summed E-state index contributed by atoms with van der Waals surface area (Å²) in [7, 11) is 0. The molecule has 1 aromatic rings. The number of ketones is 1. The minimum Gasteiger partial charge on any atom is -0.294 e. The van der Waals surface area contributed by atoms with E-state index in [-0.39, 0.29) is 21.4 Å². The summed E-state index contributed by atoms with van der Waals surface area (Å²) in [4.78, 5) is 11.5. The zero-order valence-electron chi connectivity index (χ0n) is 8.32. The van der Waals surface area contributed by atoms with Gasteiger partial charge < -0.3 is 0 Å². The molecule has 0 unspecified atom stereocenters. The minimum absolute atomic E-state index is 0.0258. The summed E-state index contributed by atoms with van der Waals surface area (Å²) in [6.45, 7) is 1.97. The van der Waals surface area contributed by atoms with E-state index in [4.69, 9.17) is 23.2 Å². The maximum Gasteiger partial charge on any atom is 0.165 e. The Kier molecular flexibility index (Phi) is 4.55. The Labute approximate surface area is 98.2 Å². The van der Waals surface area contributed by atoms with Gasteiger partial charge in [0.05, 0.1) is 15.6 Å². The molecule has 0 aromatic heterocycles. The molecule has 4 heteroatoms. The predicted molar refractivity (Wildman–Crippen MR) is 60.3 cm³/mol. The molecule has 1 rings (SSSR count). The van der Waals surface area contributed by atoms with Gasteiger partial charge in [-0.2, -0.15) is 0 Å². The van der Waals surface area contributed by atoms with E-state index in [1.807, 2.05) is 6.92 Å². The molecule has 82 valence electrons. The largest absolute Gasteiger partial charge is 0.294 e. The highest BCUT2D eigenvalue weighted by molar-refractivity contribution is 6.42. The lowest BCUT2D eigenvalue weighted by Crippen LogP contribution is -2.02. The molecule has 0 aliphatic rings. The van der Waals surface area contributed by atoms with Crippen LogP contribution in [0.1, 0.15) is 36.5 Å². The van der Waals surface area contributed by atoms with Crippen molar-refractivity contribution in [3.8, 4) is 0 Å². The highest BCUT2D eigenvalue weighted by atomic mass is 35.5. The zero-order valence-corrected chi connectivity index (χ0v) is 9.83. The normalized spacial score (nSPS) is 10.4. The molecule has 0 aliphatic carbocycles. The van der Waals surface area contributed by atoms with Gasteiger partial charge in [-0.05, 0) is 18.6 Å². The van der Waals surface area contributed by atoms with E-state index in [9.17, 15) is 9.18 Å². The Morgan fingerprint density at radius 2 is 1.93 bits per heavy atom. The van der Waals surface area contributed by atoms with Crippen molar-refractivity contribution in [2.75, 3.05) is 0 Å². The molecule has 0 heterocycles. The second kappa shape index (κ2) is 5.47.